The average molecular weight is 306 g/mol. The first-order valence-corrected chi connectivity index (χ1v) is 6.36. The number of hydrogen-bond donors (Lipinski definition) is 1. The van der Waals surface area contributed by atoms with Crippen LogP contribution in [-0.4, -0.2) is 20.4 Å². The van der Waals surface area contributed by atoms with Crippen LogP contribution in [0.4, 0.5) is 13.2 Å². The van der Waals surface area contributed by atoms with Gasteiger partial charge in [0.2, 0.25) is 0 Å². The molecule has 1 N–H and O–H groups in total. The summed E-state index contributed by atoms with van der Waals surface area (Å²) in [5.74, 6) is -1.42. The van der Waals surface area contributed by atoms with E-state index in [1.807, 2.05) is 0 Å². The molecule has 0 bridgehead atoms. The molecule has 0 radical (unpaired) electrons. The van der Waals surface area contributed by atoms with Gasteiger partial charge in [0.05, 0.1) is 11.1 Å². The molecule has 0 aliphatic carbocycles. The minimum atomic E-state index is -4.57. The number of hydrogen-bond acceptors (Lipinski definition) is 5. The first kappa shape index (κ1) is 13.8. The van der Waals surface area contributed by atoms with E-state index in [0.29, 0.717) is 10.4 Å². The molecule has 100 valence electrons. The molecule has 0 spiro atoms. The number of rotatable bonds is 3. The standard InChI is InChI=1S/C10H5F3N2O2S2/c11-10(12,13)5-1-2-7(6(3-5)8(16)17)18-9-14-4-15-19-9/h1-4H,(H,16,17). The van der Waals surface area contributed by atoms with Crippen molar-refractivity contribution in [2.45, 2.75) is 15.4 Å². The number of carboxylic acid groups (broad SMARTS) is 1. The second kappa shape index (κ2) is 5.17. The van der Waals surface area contributed by atoms with Gasteiger partial charge in [0.25, 0.3) is 0 Å². The van der Waals surface area contributed by atoms with Gasteiger partial charge in [0, 0.05) is 4.90 Å². The predicted octanol–water partition coefficient (Wildman–Crippen LogP) is 3.41. The average Bonchev–Trinajstić information content (AvgIpc) is 2.80. The minimum absolute atomic E-state index is 0.192. The highest BCUT2D eigenvalue weighted by Gasteiger charge is 2.32. The van der Waals surface area contributed by atoms with Gasteiger partial charge in [-0.25, -0.2) is 9.78 Å². The van der Waals surface area contributed by atoms with Crippen molar-refractivity contribution in [1.29, 1.82) is 0 Å². The molecule has 9 heteroatoms. The highest BCUT2D eigenvalue weighted by molar-refractivity contribution is 8.01. The number of nitrogens with zero attached hydrogens (tertiary/aromatic N) is 2. The molecule has 0 unspecified atom stereocenters. The molecule has 1 aromatic carbocycles. The molecule has 0 saturated heterocycles. The minimum Gasteiger partial charge on any atom is -0.478 e. The zero-order valence-corrected chi connectivity index (χ0v) is 10.6. The Kier molecular flexibility index (Phi) is 3.76. The van der Waals surface area contributed by atoms with E-state index in [9.17, 15) is 18.0 Å². The maximum absolute atomic E-state index is 12.5. The van der Waals surface area contributed by atoms with E-state index in [0.717, 1.165) is 35.4 Å². The third-order valence-corrected chi connectivity index (χ3v) is 3.87. The number of carboxylic acids is 1. The summed E-state index contributed by atoms with van der Waals surface area (Å²) in [5.41, 5.74) is -1.40. The fourth-order valence-electron chi connectivity index (χ4n) is 1.26. The molecule has 0 atom stereocenters. The Balaban J connectivity index is 2.41. The SMILES string of the molecule is O=C(O)c1cc(C(F)(F)F)ccc1Sc1ncns1. The van der Waals surface area contributed by atoms with Crippen molar-refractivity contribution in [2.75, 3.05) is 0 Å². The van der Waals surface area contributed by atoms with Crippen molar-refractivity contribution in [3.05, 3.63) is 35.7 Å². The molecular weight excluding hydrogens is 301 g/mol. The van der Waals surface area contributed by atoms with Crippen LogP contribution >= 0.6 is 23.3 Å². The highest BCUT2D eigenvalue weighted by atomic mass is 32.2. The Labute approximate surface area is 113 Å². The summed E-state index contributed by atoms with van der Waals surface area (Å²) in [6.45, 7) is 0. The number of aromatic nitrogens is 2. The molecule has 1 aromatic heterocycles. The van der Waals surface area contributed by atoms with Crippen molar-refractivity contribution in [3.63, 3.8) is 0 Å². The van der Waals surface area contributed by atoms with Crippen molar-refractivity contribution in [3.8, 4) is 0 Å². The van der Waals surface area contributed by atoms with Crippen molar-refractivity contribution in [1.82, 2.24) is 9.36 Å². The summed E-state index contributed by atoms with van der Waals surface area (Å²) < 4.78 is 41.8. The van der Waals surface area contributed by atoms with Crippen LogP contribution in [0.2, 0.25) is 0 Å². The zero-order valence-electron chi connectivity index (χ0n) is 9.01. The monoisotopic (exact) mass is 306 g/mol. The van der Waals surface area contributed by atoms with Crippen LogP contribution in [0.1, 0.15) is 15.9 Å². The van der Waals surface area contributed by atoms with Gasteiger partial charge in [-0.05, 0) is 29.7 Å². The fraction of sp³-hybridized carbons (Fsp3) is 0.100. The van der Waals surface area contributed by atoms with Gasteiger partial charge < -0.3 is 5.11 Å². The number of alkyl halides is 3. The summed E-state index contributed by atoms with van der Waals surface area (Å²) >= 11 is 2.00. The molecule has 2 rings (SSSR count). The molecule has 4 nitrogen and oxygen atoms in total. The van der Waals surface area contributed by atoms with Gasteiger partial charge in [-0.15, -0.1) is 0 Å². The fourth-order valence-corrected chi connectivity index (χ4v) is 2.77. The summed E-state index contributed by atoms with van der Waals surface area (Å²) in [4.78, 5) is 15.0. The van der Waals surface area contributed by atoms with Crippen LogP contribution in [0.3, 0.4) is 0 Å². The molecule has 0 aliphatic heterocycles. The maximum atomic E-state index is 12.5. The lowest BCUT2D eigenvalue weighted by molar-refractivity contribution is -0.137. The van der Waals surface area contributed by atoms with E-state index in [1.165, 1.54) is 6.33 Å². The molecule has 0 aliphatic rings. The predicted molar refractivity (Wildman–Crippen MR) is 62.4 cm³/mol. The Bertz CT molecular complexity index is 599. The molecule has 19 heavy (non-hydrogen) atoms. The third-order valence-electron chi connectivity index (χ3n) is 2.08. The Morgan fingerprint density at radius 1 is 1.37 bits per heavy atom. The summed E-state index contributed by atoms with van der Waals surface area (Å²) in [7, 11) is 0. The zero-order chi connectivity index (χ0) is 14.0. The van der Waals surface area contributed by atoms with E-state index < -0.39 is 23.3 Å². The van der Waals surface area contributed by atoms with E-state index in [1.54, 1.807) is 0 Å². The highest BCUT2D eigenvalue weighted by Crippen LogP contribution is 2.35. The van der Waals surface area contributed by atoms with Gasteiger partial charge in [0.15, 0.2) is 4.34 Å². The molecule has 0 fully saturated rings. The lowest BCUT2D eigenvalue weighted by Crippen LogP contribution is -2.08. The molecule has 0 amide bonds. The Hall–Kier alpha value is -1.61. The van der Waals surface area contributed by atoms with Crippen LogP contribution in [0.25, 0.3) is 0 Å². The largest absolute Gasteiger partial charge is 0.478 e. The van der Waals surface area contributed by atoms with Crippen LogP contribution in [-0.2, 0) is 6.18 Å². The van der Waals surface area contributed by atoms with E-state index in [4.69, 9.17) is 5.11 Å². The molecule has 1 heterocycles. The molecular formula is C10H5F3N2O2S2. The molecule has 2 aromatic rings. The van der Waals surface area contributed by atoms with Gasteiger partial charge in [0.1, 0.15) is 6.33 Å². The van der Waals surface area contributed by atoms with E-state index in [-0.39, 0.29) is 4.90 Å². The van der Waals surface area contributed by atoms with Crippen LogP contribution < -0.4 is 0 Å². The maximum Gasteiger partial charge on any atom is 0.416 e. The number of benzene rings is 1. The van der Waals surface area contributed by atoms with Gasteiger partial charge in [-0.2, -0.15) is 17.5 Å². The van der Waals surface area contributed by atoms with Crippen LogP contribution in [0, 0.1) is 0 Å². The van der Waals surface area contributed by atoms with Gasteiger partial charge >= 0.3 is 12.1 Å². The van der Waals surface area contributed by atoms with Gasteiger partial charge in [-0.3, -0.25) is 0 Å². The van der Waals surface area contributed by atoms with Crippen molar-refractivity contribution in [2.24, 2.45) is 0 Å². The van der Waals surface area contributed by atoms with Crippen molar-refractivity contribution >= 4 is 29.3 Å². The van der Waals surface area contributed by atoms with Gasteiger partial charge in [-0.1, -0.05) is 11.8 Å². The number of halogens is 3. The van der Waals surface area contributed by atoms with Crippen LogP contribution in [0.15, 0.2) is 33.8 Å². The van der Waals surface area contributed by atoms with Crippen LogP contribution in [0.5, 0.6) is 0 Å². The second-order valence-corrected chi connectivity index (χ2v) is 5.39. The summed E-state index contributed by atoms with van der Waals surface area (Å²) in [5, 5.41) is 8.97. The normalized spacial score (nSPS) is 11.5. The Morgan fingerprint density at radius 2 is 2.11 bits per heavy atom. The molecule has 0 saturated carbocycles. The van der Waals surface area contributed by atoms with Crippen molar-refractivity contribution < 1.29 is 23.1 Å². The Morgan fingerprint density at radius 3 is 2.63 bits per heavy atom. The number of carbonyl (C=O) groups is 1. The van der Waals surface area contributed by atoms with E-state index in [2.05, 4.69) is 9.36 Å². The lowest BCUT2D eigenvalue weighted by Gasteiger charge is -2.09. The quantitative estimate of drug-likeness (QED) is 0.941. The summed E-state index contributed by atoms with van der Waals surface area (Å²) in [6.07, 6.45) is -3.28. The van der Waals surface area contributed by atoms with E-state index >= 15 is 0 Å². The second-order valence-electron chi connectivity index (χ2n) is 3.32. The first-order valence-electron chi connectivity index (χ1n) is 4.77. The number of aromatic carboxylic acids is 1. The smallest absolute Gasteiger partial charge is 0.416 e. The third kappa shape index (κ3) is 3.24. The lowest BCUT2D eigenvalue weighted by atomic mass is 10.1. The summed E-state index contributed by atoms with van der Waals surface area (Å²) in [6, 6.07) is 2.58. The first-order chi connectivity index (χ1) is 8.88. The topological polar surface area (TPSA) is 63.1 Å².